The van der Waals surface area contributed by atoms with Crippen LogP contribution in [0.25, 0.3) is 0 Å². The van der Waals surface area contributed by atoms with Gasteiger partial charge in [0, 0.05) is 11.6 Å². The second-order valence-electron chi connectivity index (χ2n) is 4.40. The fourth-order valence-corrected chi connectivity index (χ4v) is 1.81. The van der Waals surface area contributed by atoms with Crippen LogP contribution in [0.2, 0.25) is 0 Å². The van der Waals surface area contributed by atoms with Crippen LogP contribution in [-0.4, -0.2) is 5.84 Å². The average Bonchev–Trinajstić information content (AvgIpc) is 2.33. The van der Waals surface area contributed by atoms with Crippen molar-refractivity contribution in [3.05, 3.63) is 58.9 Å². The van der Waals surface area contributed by atoms with Crippen molar-refractivity contribution in [2.75, 3.05) is 0 Å². The van der Waals surface area contributed by atoms with Crippen molar-refractivity contribution in [3.63, 3.8) is 0 Å². The highest BCUT2D eigenvalue weighted by Crippen LogP contribution is 2.27. The Kier molecular flexibility index (Phi) is 3.51. The van der Waals surface area contributed by atoms with Gasteiger partial charge in [-0.25, -0.2) is 4.39 Å². The number of rotatable bonds is 3. The van der Waals surface area contributed by atoms with E-state index >= 15 is 0 Å². The summed E-state index contributed by atoms with van der Waals surface area (Å²) in [5, 5.41) is 7.42. The molecule has 0 aliphatic carbocycles. The predicted molar refractivity (Wildman–Crippen MR) is 73.4 cm³/mol. The molecule has 0 bridgehead atoms. The van der Waals surface area contributed by atoms with Crippen LogP contribution in [0.1, 0.15) is 16.7 Å². The summed E-state index contributed by atoms with van der Waals surface area (Å²) >= 11 is 0. The maximum atomic E-state index is 13.2. The minimum absolute atomic E-state index is 0.0194. The predicted octanol–water partition coefficient (Wildman–Crippen LogP) is 3.52. The van der Waals surface area contributed by atoms with Crippen LogP contribution in [0.4, 0.5) is 4.39 Å². The number of benzene rings is 2. The fraction of sp³-hybridized carbons (Fsp3) is 0.133. The van der Waals surface area contributed by atoms with Gasteiger partial charge >= 0.3 is 0 Å². The van der Waals surface area contributed by atoms with E-state index in [0.29, 0.717) is 17.1 Å². The third-order valence-electron chi connectivity index (χ3n) is 2.87. The number of nitrogen functional groups attached to an aromatic ring is 1. The van der Waals surface area contributed by atoms with E-state index in [1.807, 2.05) is 13.8 Å². The summed E-state index contributed by atoms with van der Waals surface area (Å²) in [6, 6.07) is 9.63. The molecule has 0 heterocycles. The molecule has 98 valence electrons. The molecule has 3 nitrogen and oxygen atoms in total. The molecule has 19 heavy (non-hydrogen) atoms. The zero-order chi connectivity index (χ0) is 14.0. The van der Waals surface area contributed by atoms with Gasteiger partial charge in [-0.3, -0.25) is 5.41 Å². The summed E-state index contributed by atoms with van der Waals surface area (Å²) in [5.41, 5.74) is 7.83. The summed E-state index contributed by atoms with van der Waals surface area (Å²) in [4.78, 5) is 0. The van der Waals surface area contributed by atoms with Crippen LogP contribution in [0, 0.1) is 25.1 Å². The maximum absolute atomic E-state index is 13.2. The number of nitrogens with two attached hydrogens (primary N) is 1. The van der Waals surface area contributed by atoms with E-state index in [4.69, 9.17) is 15.9 Å². The topological polar surface area (TPSA) is 59.1 Å². The van der Waals surface area contributed by atoms with E-state index < -0.39 is 0 Å². The molecule has 0 spiro atoms. The van der Waals surface area contributed by atoms with Gasteiger partial charge in [-0.1, -0.05) is 6.07 Å². The number of aryl methyl sites for hydroxylation is 2. The Morgan fingerprint density at radius 2 is 1.84 bits per heavy atom. The van der Waals surface area contributed by atoms with Gasteiger partial charge in [0.25, 0.3) is 0 Å². The molecule has 2 aromatic rings. The SMILES string of the molecule is Cc1ccc(F)cc1Oc1ccc(C(=N)N)c(C)c1. The lowest BCUT2D eigenvalue weighted by atomic mass is 10.1. The second-order valence-corrected chi connectivity index (χ2v) is 4.40. The molecule has 0 aliphatic heterocycles. The maximum Gasteiger partial charge on any atom is 0.133 e. The highest BCUT2D eigenvalue weighted by molar-refractivity contribution is 5.96. The quantitative estimate of drug-likeness (QED) is 0.653. The molecule has 0 unspecified atom stereocenters. The average molecular weight is 258 g/mol. The van der Waals surface area contributed by atoms with Crippen LogP contribution >= 0.6 is 0 Å². The summed E-state index contributed by atoms with van der Waals surface area (Å²) in [5.74, 6) is 0.759. The first kappa shape index (κ1) is 13.1. The molecule has 4 heteroatoms. The summed E-state index contributed by atoms with van der Waals surface area (Å²) in [6.45, 7) is 3.70. The molecule has 3 N–H and O–H groups in total. The molecule has 0 aromatic heterocycles. The van der Waals surface area contributed by atoms with E-state index in [1.54, 1.807) is 24.3 Å². The van der Waals surface area contributed by atoms with Gasteiger partial charge < -0.3 is 10.5 Å². The molecular weight excluding hydrogens is 243 g/mol. The zero-order valence-electron chi connectivity index (χ0n) is 10.8. The van der Waals surface area contributed by atoms with Crippen LogP contribution < -0.4 is 10.5 Å². The van der Waals surface area contributed by atoms with Crippen LogP contribution in [0.15, 0.2) is 36.4 Å². The van der Waals surface area contributed by atoms with Crippen LogP contribution in [0.5, 0.6) is 11.5 Å². The minimum Gasteiger partial charge on any atom is -0.457 e. The van der Waals surface area contributed by atoms with Crippen molar-refractivity contribution in [2.45, 2.75) is 13.8 Å². The number of ether oxygens (including phenoxy) is 1. The van der Waals surface area contributed by atoms with Gasteiger partial charge in [-0.2, -0.15) is 0 Å². The second kappa shape index (κ2) is 5.10. The highest BCUT2D eigenvalue weighted by atomic mass is 19.1. The number of hydrogen-bond acceptors (Lipinski definition) is 2. The third-order valence-corrected chi connectivity index (χ3v) is 2.87. The number of nitrogens with one attached hydrogen (secondary N) is 1. The van der Waals surface area contributed by atoms with Crippen molar-refractivity contribution in [1.29, 1.82) is 5.41 Å². The number of amidine groups is 1. The molecule has 2 rings (SSSR count). The molecular formula is C15H15FN2O. The first-order valence-corrected chi connectivity index (χ1v) is 5.86. The Morgan fingerprint density at radius 3 is 2.47 bits per heavy atom. The summed E-state index contributed by atoms with van der Waals surface area (Å²) < 4.78 is 18.8. The van der Waals surface area contributed by atoms with E-state index in [9.17, 15) is 4.39 Å². The van der Waals surface area contributed by atoms with Crippen molar-refractivity contribution in [3.8, 4) is 11.5 Å². The molecule has 0 aliphatic rings. The van der Waals surface area contributed by atoms with Gasteiger partial charge in [0.05, 0.1) is 0 Å². The first-order chi connectivity index (χ1) is 8.97. The first-order valence-electron chi connectivity index (χ1n) is 5.86. The number of hydrogen-bond donors (Lipinski definition) is 2. The molecule has 0 saturated heterocycles. The number of halogens is 1. The summed E-state index contributed by atoms with van der Waals surface area (Å²) in [6.07, 6.45) is 0. The Labute approximate surface area is 111 Å². The highest BCUT2D eigenvalue weighted by Gasteiger charge is 2.06. The summed E-state index contributed by atoms with van der Waals surface area (Å²) in [7, 11) is 0. The largest absolute Gasteiger partial charge is 0.457 e. The van der Waals surface area contributed by atoms with Crippen LogP contribution in [-0.2, 0) is 0 Å². The van der Waals surface area contributed by atoms with E-state index in [2.05, 4.69) is 0 Å². The van der Waals surface area contributed by atoms with E-state index in [-0.39, 0.29) is 11.7 Å². The molecule has 0 fully saturated rings. The van der Waals surface area contributed by atoms with E-state index in [1.165, 1.54) is 12.1 Å². The smallest absolute Gasteiger partial charge is 0.133 e. The monoisotopic (exact) mass is 258 g/mol. The Balaban J connectivity index is 2.31. The van der Waals surface area contributed by atoms with Gasteiger partial charge in [0.15, 0.2) is 0 Å². The lowest BCUT2D eigenvalue weighted by molar-refractivity contribution is 0.472. The molecule has 0 amide bonds. The normalized spacial score (nSPS) is 10.3. The molecule has 0 atom stereocenters. The fourth-order valence-electron chi connectivity index (χ4n) is 1.81. The molecule has 0 radical (unpaired) electrons. The van der Waals surface area contributed by atoms with Gasteiger partial charge in [-0.15, -0.1) is 0 Å². The zero-order valence-corrected chi connectivity index (χ0v) is 10.8. The van der Waals surface area contributed by atoms with Crippen molar-refractivity contribution in [2.24, 2.45) is 5.73 Å². The van der Waals surface area contributed by atoms with Crippen molar-refractivity contribution in [1.82, 2.24) is 0 Å². The Hall–Kier alpha value is -2.36. The lowest BCUT2D eigenvalue weighted by Crippen LogP contribution is -2.12. The Bertz CT molecular complexity index is 638. The molecule has 2 aromatic carbocycles. The lowest BCUT2D eigenvalue weighted by Gasteiger charge is -2.11. The molecule has 0 saturated carbocycles. The van der Waals surface area contributed by atoms with Crippen molar-refractivity contribution < 1.29 is 9.13 Å². The van der Waals surface area contributed by atoms with Gasteiger partial charge in [0.2, 0.25) is 0 Å². The van der Waals surface area contributed by atoms with Crippen molar-refractivity contribution >= 4 is 5.84 Å². The van der Waals surface area contributed by atoms with Crippen LogP contribution in [0.3, 0.4) is 0 Å². The Morgan fingerprint density at radius 1 is 1.11 bits per heavy atom. The third kappa shape index (κ3) is 2.91. The van der Waals surface area contributed by atoms with E-state index in [0.717, 1.165) is 11.1 Å². The van der Waals surface area contributed by atoms with Gasteiger partial charge in [0.1, 0.15) is 23.2 Å². The van der Waals surface area contributed by atoms with Gasteiger partial charge in [-0.05, 0) is 49.2 Å². The minimum atomic E-state index is -0.335. The standard InChI is InChI=1S/C15H15FN2O/c1-9-3-4-11(16)8-14(9)19-12-5-6-13(15(17)18)10(2)7-12/h3-8H,1-2H3,(H3,17,18).